The summed E-state index contributed by atoms with van der Waals surface area (Å²) in [4.78, 5) is 32.0. The van der Waals surface area contributed by atoms with Crippen LogP contribution in [0.1, 0.15) is 24.8 Å². The van der Waals surface area contributed by atoms with Gasteiger partial charge in [0, 0.05) is 38.4 Å². The number of halogens is 1. The molecule has 0 bridgehead atoms. The minimum Gasteiger partial charge on any atom is -0.370 e. The molecule has 6 heteroatoms. The minimum atomic E-state index is -0.349. The lowest BCUT2D eigenvalue weighted by molar-refractivity contribution is -0.143. The average molecular weight is 410 g/mol. The molecule has 2 saturated heterocycles. The molecule has 2 amide bonds. The van der Waals surface area contributed by atoms with E-state index in [9.17, 15) is 14.0 Å². The molecule has 0 N–H and O–H groups in total. The summed E-state index contributed by atoms with van der Waals surface area (Å²) in [7, 11) is 0. The lowest BCUT2D eigenvalue weighted by Crippen LogP contribution is -2.49. The molecule has 5 nitrogen and oxygen atoms in total. The van der Waals surface area contributed by atoms with Gasteiger partial charge in [-0.25, -0.2) is 4.39 Å². The summed E-state index contributed by atoms with van der Waals surface area (Å²) < 4.78 is 13.2. The molecular weight excluding hydrogens is 381 g/mol. The van der Waals surface area contributed by atoms with Crippen molar-refractivity contribution >= 4 is 17.5 Å². The SMILES string of the molecule is O=C(C1CCCN1C(=O)Cc1ccccc1)N1CCCN(c2ccc(F)cc2)CC1. The Balaban J connectivity index is 1.38. The molecule has 0 radical (unpaired) electrons. The Labute approximate surface area is 177 Å². The highest BCUT2D eigenvalue weighted by atomic mass is 19.1. The molecule has 1 atom stereocenters. The summed E-state index contributed by atoms with van der Waals surface area (Å²) in [6.07, 6.45) is 2.79. The van der Waals surface area contributed by atoms with Crippen molar-refractivity contribution in [1.29, 1.82) is 0 Å². The Bertz CT molecular complexity index is 872. The van der Waals surface area contributed by atoms with E-state index in [0.29, 0.717) is 32.6 Å². The number of hydrogen-bond acceptors (Lipinski definition) is 3. The molecule has 0 saturated carbocycles. The Morgan fingerprint density at radius 1 is 0.867 bits per heavy atom. The average Bonchev–Trinajstić information content (AvgIpc) is 3.13. The van der Waals surface area contributed by atoms with Crippen molar-refractivity contribution in [3.8, 4) is 0 Å². The molecule has 30 heavy (non-hydrogen) atoms. The van der Waals surface area contributed by atoms with E-state index in [1.807, 2.05) is 35.2 Å². The highest BCUT2D eigenvalue weighted by Crippen LogP contribution is 2.23. The standard InChI is InChI=1S/C24H28FN3O2/c25-20-9-11-21(12-10-20)26-13-5-14-27(17-16-26)24(30)22-8-4-15-28(22)23(29)18-19-6-2-1-3-7-19/h1-3,6-7,9-12,22H,4-5,8,13-18H2. The second kappa shape index (κ2) is 9.28. The van der Waals surface area contributed by atoms with Crippen LogP contribution in [-0.2, 0) is 16.0 Å². The van der Waals surface area contributed by atoms with E-state index in [0.717, 1.165) is 37.1 Å². The predicted octanol–water partition coefficient (Wildman–Crippen LogP) is 3.10. The number of benzene rings is 2. The predicted molar refractivity (Wildman–Crippen MR) is 115 cm³/mol. The first-order valence-electron chi connectivity index (χ1n) is 10.7. The number of anilines is 1. The first-order valence-corrected chi connectivity index (χ1v) is 10.7. The van der Waals surface area contributed by atoms with Gasteiger partial charge in [-0.2, -0.15) is 0 Å². The third kappa shape index (κ3) is 4.64. The molecule has 0 spiro atoms. The van der Waals surface area contributed by atoms with Crippen LogP contribution in [0, 0.1) is 5.82 Å². The third-order valence-corrected chi connectivity index (χ3v) is 6.06. The van der Waals surface area contributed by atoms with Gasteiger partial charge in [0.2, 0.25) is 11.8 Å². The highest BCUT2D eigenvalue weighted by molar-refractivity contribution is 5.89. The van der Waals surface area contributed by atoms with Crippen molar-refractivity contribution < 1.29 is 14.0 Å². The first kappa shape index (κ1) is 20.4. The van der Waals surface area contributed by atoms with Gasteiger partial charge >= 0.3 is 0 Å². The van der Waals surface area contributed by atoms with Crippen molar-refractivity contribution in [2.45, 2.75) is 31.7 Å². The fraction of sp³-hybridized carbons (Fsp3) is 0.417. The number of nitrogens with zero attached hydrogens (tertiary/aromatic N) is 3. The topological polar surface area (TPSA) is 43.9 Å². The van der Waals surface area contributed by atoms with Gasteiger partial charge in [-0.15, -0.1) is 0 Å². The van der Waals surface area contributed by atoms with Crippen LogP contribution >= 0.6 is 0 Å². The van der Waals surface area contributed by atoms with Crippen LogP contribution in [0.15, 0.2) is 54.6 Å². The van der Waals surface area contributed by atoms with Crippen LogP contribution in [0.3, 0.4) is 0 Å². The summed E-state index contributed by atoms with van der Waals surface area (Å²) in [5.41, 5.74) is 1.96. The van der Waals surface area contributed by atoms with Gasteiger partial charge in [0.05, 0.1) is 6.42 Å². The largest absolute Gasteiger partial charge is 0.370 e. The van der Waals surface area contributed by atoms with E-state index in [2.05, 4.69) is 4.90 Å². The molecule has 2 fully saturated rings. The number of carbonyl (C=O) groups excluding carboxylic acids is 2. The van der Waals surface area contributed by atoms with Crippen molar-refractivity contribution in [3.05, 3.63) is 66.0 Å². The molecule has 0 aliphatic carbocycles. The number of carbonyl (C=O) groups is 2. The number of amides is 2. The summed E-state index contributed by atoms with van der Waals surface area (Å²) in [5.74, 6) is -0.151. The zero-order chi connectivity index (χ0) is 20.9. The molecule has 1 unspecified atom stereocenters. The maximum absolute atomic E-state index is 13.3. The summed E-state index contributed by atoms with van der Waals surface area (Å²) in [5, 5.41) is 0. The molecule has 2 heterocycles. The Kier molecular flexibility index (Phi) is 6.31. The second-order valence-corrected chi connectivity index (χ2v) is 8.05. The number of rotatable bonds is 4. The van der Waals surface area contributed by atoms with Gasteiger partial charge in [0.1, 0.15) is 11.9 Å². The van der Waals surface area contributed by atoms with Crippen LogP contribution in [-0.4, -0.2) is 60.4 Å². The molecule has 2 aliphatic rings. The van der Waals surface area contributed by atoms with Crippen molar-refractivity contribution in [1.82, 2.24) is 9.80 Å². The van der Waals surface area contributed by atoms with Gasteiger partial charge in [0.25, 0.3) is 0 Å². The van der Waals surface area contributed by atoms with E-state index in [1.165, 1.54) is 12.1 Å². The van der Waals surface area contributed by atoms with E-state index < -0.39 is 0 Å². The highest BCUT2D eigenvalue weighted by Gasteiger charge is 2.36. The molecular formula is C24H28FN3O2. The molecule has 2 aromatic carbocycles. The lowest BCUT2D eigenvalue weighted by atomic mass is 10.1. The van der Waals surface area contributed by atoms with E-state index in [-0.39, 0.29) is 23.7 Å². The summed E-state index contributed by atoms with van der Waals surface area (Å²) in [6.45, 7) is 3.50. The summed E-state index contributed by atoms with van der Waals surface area (Å²) >= 11 is 0. The normalized spacial score (nSPS) is 19.6. The van der Waals surface area contributed by atoms with Gasteiger partial charge in [-0.3, -0.25) is 9.59 Å². The van der Waals surface area contributed by atoms with Crippen LogP contribution in [0.25, 0.3) is 0 Å². The first-order chi connectivity index (χ1) is 14.6. The second-order valence-electron chi connectivity index (χ2n) is 8.05. The summed E-state index contributed by atoms with van der Waals surface area (Å²) in [6, 6.07) is 15.9. The zero-order valence-corrected chi connectivity index (χ0v) is 17.2. The number of hydrogen-bond donors (Lipinski definition) is 0. The van der Waals surface area contributed by atoms with Crippen molar-refractivity contribution in [2.75, 3.05) is 37.6 Å². The van der Waals surface area contributed by atoms with Crippen molar-refractivity contribution in [2.24, 2.45) is 0 Å². The minimum absolute atomic E-state index is 0.0276. The zero-order valence-electron chi connectivity index (χ0n) is 17.2. The van der Waals surface area contributed by atoms with Crippen LogP contribution in [0.5, 0.6) is 0 Å². The van der Waals surface area contributed by atoms with Gasteiger partial charge in [-0.05, 0) is 49.1 Å². The van der Waals surface area contributed by atoms with E-state index >= 15 is 0 Å². The van der Waals surface area contributed by atoms with Crippen LogP contribution in [0.2, 0.25) is 0 Å². The fourth-order valence-corrected chi connectivity index (χ4v) is 4.45. The maximum Gasteiger partial charge on any atom is 0.245 e. The molecule has 4 rings (SSSR count). The van der Waals surface area contributed by atoms with Crippen LogP contribution < -0.4 is 4.90 Å². The third-order valence-electron chi connectivity index (χ3n) is 6.06. The van der Waals surface area contributed by atoms with Gasteiger partial charge in [0.15, 0.2) is 0 Å². The molecule has 158 valence electrons. The Morgan fingerprint density at radius 2 is 1.63 bits per heavy atom. The monoisotopic (exact) mass is 409 g/mol. The molecule has 2 aromatic rings. The fourth-order valence-electron chi connectivity index (χ4n) is 4.45. The number of likely N-dealkylation sites (tertiary alicyclic amines) is 1. The van der Waals surface area contributed by atoms with E-state index in [1.54, 1.807) is 17.0 Å². The lowest BCUT2D eigenvalue weighted by Gasteiger charge is -2.30. The smallest absolute Gasteiger partial charge is 0.245 e. The molecule has 0 aromatic heterocycles. The molecule has 2 aliphatic heterocycles. The quantitative estimate of drug-likeness (QED) is 0.780. The van der Waals surface area contributed by atoms with Crippen molar-refractivity contribution in [3.63, 3.8) is 0 Å². The van der Waals surface area contributed by atoms with E-state index in [4.69, 9.17) is 0 Å². The van der Waals surface area contributed by atoms with Crippen LogP contribution in [0.4, 0.5) is 10.1 Å². The Hall–Kier alpha value is -2.89. The maximum atomic E-state index is 13.3. The van der Waals surface area contributed by atoms with Gasteiger partial charge < -0.3 is 14.7 Å². The van der Waals surface area contributed by atoms with Gasteiger partial charge in [-0.1, -0.05) is 30.3 Å². The Morgan fingerprint density at radius 3 is 2.40 bits per heavy atom.